The summed E-state index contributed by atoms with van der Waals surface area (Å²) in [6, 6.07) is 4.50. The summed E-state index contributed by atoms with van der Waals surface area (Å²) in [5.74, 6) is 1.58. The van der Waals surface area contributed by atoms with Crippen LogP contribution in [0.3, 0.4) is 0 Å². The van der Waals surface area contributed by atoms with Gasteiger partial charge in [-0.3, -0.25) is 4.79 Å². The average Bonchev–Trinajstić information content (AvgIpc) is 3.11. The number of nitrogens with zero attached hydrogens (tertiary/aromatic N) is 1. The Bertz CT molecular complexity index is 498. The van der Waals surface area contributed by atoms with E-state index in [0.29, 0.717) is 5.92 Å². The highest BCUT2D eigenvalue weighted by atomic mass is 32.1. The molecule has 20 heavy (non-hydrogen) atoms. The quantitative estimate of drug-likeness (QED) is 0.929. The number of rotatable bonds is 3. The third-order valence-electron chi connectivity index (χ3n) is 5.11. The topological polar surface area (TPSA) is 32.3 Å². The van der Waals surface area contributed by atoms with E-state index in [2.05, 4.69) is 31.3 Å². The van der Waals surface area contributed by atoms with E-state index >= 15 is 0 Å². The van der Waals surface area contributed by atoms with Crippen LogP contribution in [0.25, 0.3) is 0 Å². The van der Waals surface area contributed by atoms with Gasteiger partial charge in [0.1, 0.15) is 0 Å². The Balaban J connectivity index is 1.70. The predicted octanol–water partition coefficient (Wildman–Crippen LogP) is 2.96. The SMILES string of the molecule is Cc1ccc(C(C)N(C)C(=O)C2NCC3CCCC32)s1. The lowest BCUT2D eigenvalue weighted by atomic mass is 9.93. The summed E-state index contributed by atoms with van der Waals surface area (Å²) >= 11 is 1.79. The van der Waals surface area contributed by atoms with Crippen LogP contribution >= 0.6 is 11.3 Å². The van der Waals surface area contributed by atoms with E-state index in [1.807, 2.05) is 11.9 Å². The molecule has 1 aliphatic carbocycles. The van der Waals surface area contributed by atoms with E-state index in [0.717, 1.165) is 12.5 Å². The highest BCUT2D eigenvalue weighted by molar-refractivity contribution is 7.12. The number of likely N-dealkylation sites (N-methyl/N-ethyl adjacent to an activating group) is 1. The van der Waals surface area contributed by atoms with E-state index in [9.17, 15) is 4.79 Å². The van der Waals surface area contributed by atoms with E-state index in [-0.39, 0.29) is 18.0 Å². The minimum atomic E-state index is 0.0519. The maximum atomic E-state index is 12.8. The van der Waals surface area contributed by atoms with Gasteiger partial charge < -0.3 is 10.2 Å². The molecule has 1 aliphatic heterocycles. The molecule has 4 heteroatoms. The van der Waals surface area contributed by atoms with E-state index in [1.165, 1.54) is 29.0 Å². The lowest BCUT2D eigenvalue weighted by Crippen LogP contribution is -2.45. The molecule has 0 radical (unpaired) electrons. The summed E-state index contributed by atoms with van der Waals surface area (Å²) in [4.78, 5) is 17.3. The molecule has 0 aromatic carbocycles. The van der Waals surface area contributed by atoms with Crippen LogP contribution in [-0.2, 0) is 4.79 Å². The van der Waals surface area contributed by atoms with Gasteiger partial charge in [0.25, 0.3) is 0 Å². The molecule has 110 valence electrons. The van der Waals surface area contributed by atoms with Crippen LogP contribution in [0.15, 0.2) is 12.1 Å². The fourth-order valence-corrected chi connectivity index (χ4v) is 4.71. The maximum absolute atomic E-state index is 12.8. The monoisotopic (exact) mass is 292 g/mol. The van der Waals surface area contributed by atoms with Crippen molar-refractivity contribution in [2.75, 3.05) is 13.6 Å². The molecule has 1 amide bonds. The van der Waals surface area contributed by atoms with Gasteiger partial charge in [0.15, 0.2) is 0 Å². The molecule has 2 heterocycles. The second kappa shape index (κ2) is 5.49. The standard InChI is InChI=1S/C16H24N2OS/c1-10-7-8-14(20-10)11(2)18(3)16(19)15-13-6-4-5-12(13)9-17-15/h7-8,11-13,15,17H,4-6,9H2,1-3H3. The molecule has 1 saturated heterocycles. The van der Waals surface area contributed by atoms with Crippen molar-refractivity contribution in [3.05, 3.63) is 21.9 Å². The molecule has 3 rings (SSSR count). The van der Waals surface area contributed by atoms with Crippen LogP contribution in [-0.4, -0.2) is 30.4 Å². The van der Waals surface area contributed by atoms with Crippen molar-refractivity contribution >= 4 is 17.2 Å². The summed E-state index contributed by atoms with van der Waals surface area (Å²) in [5, 5.41) is 3.46. The smallest absolute Gasteiger partial charge is 0.240 e. The van der Waals surface area contributed by atoms with Gasteiger partial charge in [-0.25, -0.2) is 0 Å². The van der Waals surface area contributed by atoms with Crippen LogP contribution in [0.5, 0.6) is 0 Å². The number of hydrogen-bond acceptors (Lipinski definition) is 3. The van der Waals surface area contributed by atoms with Crippen LogP contribution in [0.2, 0.25) is 0 Å². The molecule has 1 saturated carbocycles. The minimum absolute atomic E-state index is 0.0519. The molecular weight excluding hydrogens is 268 g/mol. The Morgan fingerprint density at radius 1 is 1.45 bits per heavy atom. The van der Waals surface area contributed by atoms with Gasteiger partial charge in [0, 0.05) is 16.8 Å². The molecule has 1 aromatic heterocycles. The van der Waals surface area contributed by atoms with Gasteiger partial charge in [-0.1, -0.05) is 6.42 Å². The Hall–Kier alpha value is -0.870. The Morgan fingerprint density at radius 2 is 2.25 bits per heavy atom. The lowest BCUT2D eigenvalue weighted by Gasteiger charge is -2.29. The van der Waals surface area contributed by atoms with Crippen molar-refractivity contribution in [2.45, 2.75) is 45.2 Å². The number of nitrogens with one attached hydrogen (secondary N) is 1. The van der Waals surface area contributed by atoms with Crippen molar-refractivity contribution in [1.29, 1.82) is 0 Å². The van der Waals surface area contributed by atoms with Crippen molar-refractivity contribution in [3.8, 4) is 0 Å². The number of carbonyl (C=O) groups is 1. The van der Waals surface area contributed by atoms with Crippen molar-refractivity contribution in [1.82, 2.24) is 10.2 Å². The molecule has 0 spiro atoms. The maximum Gasteiger partial charge on any atom is 0.240 e. The first-order valence-corrected chi connectivity index (χ1v) is 8.46. The highest BCUT2D eigenvalue weighted by Crippen LogP contribution is 2.39. The van der Waals surface area contributed by atoms with Crippen LogP contribution < -0.4 is 5.32 Å². The Kier molecular flexibility index (Phi) is 3.87. The van der Waals surface area contributed by atoms with Gasteiger partial charge in [0.2, 0.25) is 5.91 Å². The molecule has 4 atom stereocenters. The van der Waals surface area contributed by atoms with E-state index in [4.69, 9.17) is 0 Å². The van der Waals surface area contributed by atoms with E-state index < -0.39 is 0 Å². The highest BCUT2D eigenvalue weighted by Gasteiger charge is 2.43. The van der Waals surface area contributed by atoms with Gasteiger partial charge >= 0.3 is 0 Å². The molecule has 3 nitrogen and oxygen atoms in total. The third-order valence-corrected chi connectivity index (χ3v) is 6.28. The van der Waals surface area contributed by atoms with Crippen molar-refractivity contribution < 1.29 is 4.79 Å². The van der Waals surface area contributed by atoms with Crippen LogP contribution in [0.4, 0.5) is 0 Å². The number of amides is 1. The second-order valence-corrected chi connectivity index (χ2v) is 7.63. The number of fused-ring (bicyclic) bond motifs is 1. The first-order valence-electron chi connectivity index (χ1n) is 7.64. The predicted molar refractivity (Wildman–Crippen MR) is 82.9 cm³/mol. The zero-order valence-electron chi connectivity index (χ0n) is 12.6. The number of thiophene rings is 1. The lowest BCUT2D eigenvalue weighted by molar-refractivity contribution is -0.134. The van der Waals surface area contributed by atoms with Crippen molar-refractivity contribution in [3.63, 3.8) is 0 Å². The van der Waals surface area contributed by atoms with Gasteiger partial charge in [-0.2, -0.15) is 0 Å². The summed E-state index contributed by atoms with van der Waals surface area (Å²) in [5.41, 5.74) is 0. The van der Waals surface area contributed by atoms with Gasteiger partial charge in [-0.15, -0.1) is 11.3 Å². The fourth-order valence-electron chi connectivity index (χ4n) is 3.74. The first-order chi connectivity index (χ1) is 9.58. The minimum Gasteiger partial charge on any atom is -0.337 e. The van der Waals surface area contributed by atoms with Crippen LogP contribution in [0.1, 0.15) is 42.0 Å². The molecule has 4 unspecified atom stereocenters. The Labute approximate surface area is 125 Å². The number of hydrogen-bond donors (Lipinski definition) is 1. The van der Waals surface area contributed by atoms with Gasteiger partial charge in [-0.05, 0) is 57.2 Å². The zero-order valence-corrected chi connectivity index (χ0v) is 13.4. The molecule has 2 aliphatic rings. The van der Waals surface area contributed by atoms with Crippen LogP contribution in [0, 0.1) is 18.8 Å². The second-order valence-electron chi connectivity index (χ2n) is 6.31. The average molecular weight is 292 g/mol. The fraction of sp³-hybridized carbons (Fsp3) is 0.688. The Morgan fingerprint density at radius 3 is 2.95 bits per heavy atom. The normalized spacial score (nSPS) is 30.2. The number of carbonyl (C=O) groups excluding carboxylic acids is 1. The summed E-state index contributed by atoms with van der Waals surface area (Å²) < 4.78 is 0. The summed E-state index contributed by atoms with van der Waals surface area (Å²) in [6.45, 7) is 5.27. The first kappa shape index (κ1) is 14.1. The molecule has 1 N–H and O–H groups in total. The molecule has 0 bridgehead atoms. The number of aryl methyl sites for hydroxylation is 1. The molecular formula is C16H24N2OS. The third kappa shape index (κ3) is 2.40. The largest absolute Gasteiger partial charge is 0.337 e. The van der Waals surface area contributed by atoms with Gasteiger partial charge in [0.05, 0.1) is 12.1 Å². The molecule has 2 fully saturated rings. The zero-order chi connectivity index (χ0) is 14.3. The molecule has 1 aromatic rings. The van der Waals surface area contributed by atoms with E-state index in [1.54, 1.807) is 11.3 Å². The summed E-state index contributed by atoms with van der Waals surface area (Å²) in [7, 11) is 1.95. The summed E-state index contributed by atoms with van der Waals surface area (Å²) in [6.07, 6.45) is 3.81. The van der Waals surface area contributed by atoms with Crippen molar-refractivity contribution in [2.24, 2.45) is 11.8 Å².